The molecule has 0 saturated carbocycles. The number of anilines is 2. The molecule has 106 valence electrons. The molecule has 0 radical (unpaired) electrons. The summed E-state index contributed by atoms with van der Waals surface area (Å²) >= 11 is 6.29. The van der Waals surface area contributed by atoms with Crippen LogP contribution >= 0.6 is 31.9 Å². The van der Waals surface area contributed by atoms with Gasteiger partial charge in [-0.25, -0.2) is 12.8 Å². The van der Waals surface area contributed by atoms with Crippen molar-refractivity contribution in [2.24, 2.45) is 0 Å². The number of rotatable bonds is 3. The van der Waals surface area contributed by atoms with E-state index in [0.29, 0.717) is 8.95 Å². The van der Waals surface area contributed by atoms with Crippen molar-refractivity contribution >= 4 is 53.3 Å². The molecule has 0 fully saturated rings. The molecule has 0 aromatic heterocycles. The third-order valence-corrected chi connectivity index (χ3v) is 4.86. The van der Waals surface area contributed by atoms with Crippen molar-refractivity contribution in [3.05, 3.63) is 51.2 Å². The van der Waals surface area contributed by atoms with E-state index in [2.05, 4.69) is 36.6 Å². The minimum atomic E-state index is -3.95. The number of hydrogen-bond acceptors (Lipinski definition) is 3. The predicted molar refractivity (Wildman–Crippen MR) is 83.5 cm³/mol. The van der Waals surface area contributed by atoms with Gasteiger partial charge in [0.2, 0.25) is 0 Å². The van der Waals surface area contributed by atoms with E-state index in [1.165, 1.54) is 30.3 Å². The van der Waals surface area contributed by atoms with E-state index in [4.69, 9.17) is 5.73 Å². The zero-order valence-electron chi connectivity index (χ0n) is 9.90. The molecular weight excluding hydrogens is 415 g/mol. The van der Waals surface area contributed by atoms with Gasteiger partial charge in [0.15, 0.2) is 0 Å². The Kier molecular flexibility index (Phi) is 4.36. The summed E-state index contributed by atoms with van der Waals surface area (Å²) < 4.78 is 41.4. The van der Waals surface area contributed by atoms with Gasteiger partial charge in [-0.15, -0.1) is 0 Å². The van der Waals surface area contributed by atoms with E-state index in [-0.39, 0.29) is 16.3 Å². The summed E-state index contributed by atoms with van der Waals surface area (Å²) in [6.45, 7) is 0. The first-order valence-corrected chi connectivity index (χ1v) is 8.39. The molecule has 2 aromatic rings. The normalized spacial score (nSPS) is 11.3. The molecule has 0 aliphatic rings. The summed E-state index contributed by atoms with van der Waals surface area (Å²) in [5.41, 5.74) is 5.60. The zero-order chi connectivity index (χ0) is 14.9. The molecular formula is C12H9Br2FN2O2S. The van der Waals surface area contributed by atoms with E-state index in [1.54, 1.807) is 6.07 Å². The average Bonchev–Trinajstić information content (AvgIpc) is 2.32. The lowest BCUT2D eigenvalue weighted by atomic mass is 10.3. The van der Waals surface area contributed by atoms with Crippen LogP contribution in [0.2, 0.25) is 0 Å². The highest BCUT2D eigenvalue weighted by atomic mass is 79.9. The van der Waals surface area contributed by atoms with Crippen LogP contribution in [0.25, 0.3) is 0 Å². The highest BCUT2D eigenvalue weighted by Gasteiger charge is 2.19. The van der Waals surface area contributed by atoms with E-state index >= 15 is 0 Å². The van der Waals surface area contributed by atoms with Gasteiger partial charge in [-0.2, -0.15) is 0 Å². The van der Waals surface area contributed by atoms with Gasteiger partial charge in [0.25, 0.3) is 10.0 Å². The second-order valence-corrected chi connectivity index (χ2v) is 7.39. The van der Waals surface area contributed by atoms with Crippen molar-refractivity contribution in [3.63, 3.8) is 0 Å². The fourth-order valence-electron chi connectivity index (χ4n) is 1.54. The molecule has 0 saturated heterocycles. The summed E-state index contributed by atoms with van der Waals surface area (Å²) in [7, 11) is -3.95. The van der Waals surface area contributed by atoms with Crippen LogP contribution in [0.4, 0.5) is 15.8 Å². The number of nitrogens with two attached hydrogens (primary N) is 1. The Hall–Kier alpha value is -1.12. The minimum absolute atomic E-state index is 0.0735. The Morgan fingerprint density at radius 2 is 1.65 bits per heavy atom. The molecule has 0 heterocycles. The Balaban J connectivity index is 2.41. The van der Waals surface area contributed by atoms with Crippen molar-refractivity contribution in [2.75, 3.05) is 10.5 Å². The molecule has 0 aliphatic carbocycles. The predicted octanol–water partition coefficient (Wildman–Crippen LogP) is 3.73. The van der Waals surface area contributed by atoms with Gasteiger partial charge in [0.05, 0.1) is 11.4 Å². The molecule has 8 heteroatoms. The fourth-order valence-corrected chi connectivity index (χ4v) is 3.43. The number of sulfonamides is 1. The van der Waals surface area contributed by atoms with Crippen molar-refractivity contribution in [3.8, 4) is 0 Å². The van der Waals surface area contributed by atoms with Gasteiger partial charge in [-0.05, 0) is 36.4 Å². The Morgan fingerprint density at radius 3 is 2.25 bits per heavy atom. The number of benzene rings is 2. The van der Waals surface area contributed by atoms with Crippen molar-refractivity contribution in [1.82, 2.24) is 0 Å². The lowest BCUT2D eigenvalue weighted by Crippen LogP contribution is -2.15. The van der Waals surface area contributed by atoms with Gasteiger partial charge >= 0.3 is 0 Å². The molecule has 0 aliphatic heterocycles. The third kappa shape index (κ3) is 3.31. The number of halogens is 3. The molecule has 0 unspecified atom stereocenters. The average molecular weight is 424 g/mol. The summed E-state index contributed by atoms with van der Waals surface area (Å²) in [4.78, 5) is -0.108. The highest BCUT2D eigenvalue weighted by Crippen LogP contribution is 2.26. The van der Waals surface area contributed by atoms with Gasteiger partial charge in [0, 0.05) is 8.95 Å². The van der Waals surface area contributed by atoms with Crippen molar-refractivity contribution in [2.45, 2.75) is 4.90 Å². The van der Waals surface area contributed by atoms with Crippen LogP contribution in [0.1, 0.15) is 0 Å². The Labute approximate surface area is 132 Å². The van der Waals surface area contributed by atoms with E-state index in [0.717, 1.165) is 0 Å². The van der Waals surface area contributed by atoms with Crippen LogP contribution in [-0.4, -0.2) is 8.42 Å². The first-order valence-electron chi connectivity index (χ1n) is 5.32. The van der Waals surface area contributed by atoms with Crippen LogP contribution in [-0.2, 0) is 10.0 Å². The lowest BCUT2D eigenvalue weighted by Gasteiger charge is -2.11. The Morgan fingerprint density at radius 1 is 1.05 bits per heavy atom. The number of nitrogen functional groups attached to an aromatic ring is 1. The zero-order valence-corrected chi connectivity index (χ0v) is 13.9. The van der Waals surface area contributed by atoms with Crippen LogP contribution in [0, 0.1) is 5.82 Å². The van der Waals surface area contributed by atoms with Crippen molar-refractivity contribution < 1.29 is 12.8 Å². The first kappa shape index (κ1) is 15.3. The SMILES string of the molecule is Nc1cc(Br)ccc1S(=O)(=O)Nc1ccc(Br)cc1F. The molecule has 0 amide bonds. The van der Waals surface area contributed by atoms with E-state index in [9.17, 15) is 12.8 Å². The summed E-state index contributed by atoms with van der Waals surface area (Å²) in [5, 5.41) is 0. The first-order chi connectivity index (χ1) is 9.29. The topological polar surface area (TPSA) is 72.2 Å². The standard InChI is InChI=1S/C12H9Br2FN2O2S/c13-7-1-3-11(9(15)5-7)17-20(18,19)12-4-2-8(14)6-10(12)16/h1-6,17H,16H2. The van der Waals surface area contributed by atoms with Crippen LogP contribution in [0.15, 0.2) is 50.2 Å². The highest BCUT2D eigenvalue weighted by molar-refractivity contribution is 9.10. The molecule has 2 aromatic carbocycles. The van der Waals surface area contributed by atoms with Gasteiger partial charge in [0.1, 0.15) is 10.7 Å². The van der Waals surface area contributed by atoms with Crippen molar-refractivity contribution in [1.29, 1.82) is 0 Å². The lowest BCUT2D eigenvalue weighted by molar-refractivity contribution is 0.599. The monoisotopic (exact) mass is 422 g/mol. The molecule has 4 nitrogen and oxygen atoms in total. The van der Waals surface area contributed by atoms with Gasteiger partial charge in [-0.3, -0.25) is 4.72 Å². The van der Waals surface area contributed by atoms with Crippen LogP contribution in [0.3, 0.4) is 0 Å². The maximum Gasteiger partial charge on any atom is 0.264 e. The quantitative estimate of drug-likeness (QED) is 0.738. The Bertz CT molecular complexity index is 766. The number of nitrogens with one attached hydrogen (secondary N) is 1. The molecule has 0 atom stereocenters. The van der Waals surface area contributed by atoms with E-state index in [1.807, 2.05) is 0 Å². The molecule has 0 bridgehead atoms. The molecule has 3 N–H and O–H groups in total. The largest absolute Gasteiger partial charge is 0.398 e. The second kappa shape index (κ2) is 5.71. The van der Waals surface area contributed by atoms with Gasteiger partial charge in [-0.1, -0.05) is 31.9 Å². The number of hydrogen-bond donors (Lipinski definition) is 2. The maximum absolute atomic E-state index is 13.7. The molecule has 20 heavy (non-hydrogen) atoms. The van der Waals surface area contributed by atoms with E-state index < -0.39 is 15.8 Å². The molecule has 0 spiro atoms. The molecule has 2 rings (SSSR count). The summed E-state index contributed by atoms with van der Waals surface area (Å²) in [6.07, 6.45) is 0. The minimum Gasteiger partial charge on any atom is -0.398 e. The van der Waals surface area contributed by atoms with Gasteiger partial charge < -0.3 is 5.73 Å². The fraction of sp³-hybridized carbons (Fsp3) is 0. The second-order valence-electron chi connectivity index (χ2n) is 3.91. The van der Waals surface area contributed by atoms with Crippen LogP contribution in [0.5, 0.6) is 0 Å². The summed E-state index contributed by atoms with van der Waals surface area (Å²) in [5.74, 6) is -0.682. The smallest absolute Gasteiger partial charge is 0.264 e. The van der Waals surface area contributed by atoms with Crippen LogP contribution < -0.4 is 10.5 Å². The summed E-state index contributed by atoms with van der Waals surface area (Å²) in [6, 6.07) is 8.38. The third-order valence-electron chi connectivity index (χ3n) is 2.44. The maximum atomic E-state index is 13.7.